The maximum Gasteiger partial charge on any atom is 0.408 e. The summed E-state index contributed by atoms with van der Waals surface area (Å²) < 4.78 is 9.54. The molecule has 0 fully saturated rings. The van der Waals surface area contributed by atoms with E-state index in [1.54, 1.807) is 20.8 Å². The van der Waals surface area contributed by atoms with Gasteiger partial charge in [0.2, 0.25) is 11.8 Å². The van der Waals surface area contributed by atoms with Crippen molar-refractivity contribution in [1.29, 1.82) is 0 Å². The van der Waals surface area contributed by atoms with Crippen molar-refractivity contribution < 1.29 is 28.7 Å². The van der Waals surface area contributed by atoms with Gasteiger partial charge in [-0.2, -0.15) is 0 Å². The van der Waals surface area contributed by atoms with Gasteiger partial charge in [0.25, 0.3) is 0 Å². The molecule has 0 aliphatic rings. The first-order chi connectivity index (χ1) is 11.0. The number of amides is 3. The van der Waals surface area contributed by atoms with E-state index >= 15 is 0 Å². The summed E-state index contributed by atoms with van der Waals surface area (Å²) in [4.78, 5) is 45.8. The standard InChI is InChI=1S/C14H25N3O6S/c1-9(18)16-8-24-7-10(12(20)15-6-11(19)22-5)17-13(21)23-14(2,3)4/h10H,6-8H2,1-5H3,(H,15,20)(H,16,18)(H,17,21)/t10-/m0/s1. The number of hydrogen-bond acceptors (Lipinski definition) is 7. The molecule has 0 unspecified atom stereocenters. The van der Waals surface area contributed by atoms with Gasteiger partial charge in [0.15, 0.2) is 0 Å². The van der Waals surface area contributed by atoms with Gasteiger partial charge in [0.1, 0.15) is 18.2 Å². The van der Waals surface area contributed by atoms with Crippen LogP contribution in [0.5, 0.6) is 0 Å². The van der Waals surface area contributed by atoms with Gasteiger partial charge in [-0.1, -0.05) is 0 Å². The Labute approximate surface area is 145 Å². The molecule has 0 aromatic heterocycles. The SMILES string of the molecule is COC(=O)CNC(=O)[C@H](CSCNC(C)=O)NC(=O)OC(C)(C)C. The van der Waals surface area contributed by atoms with E-state index in [9.17, 15) is 19.2 Å². The molecule has 0 saturated heterocycles. The van der Waals surface area contributed by atoms with Crippen molar-refractivity contribution in [2.24, 2.45) is 0 Å². The molecule has 0 saturated carbocycles. The summed E-state index contributed by atoms with van der Waals surface area (Å²) in [5.74, 6) is -0.889. The molecule has 24 heavy (non-hydrogen) atoms. The minimum Gasteiger partial charge on any atom is -0.468 e. The minimum absolute atomic E-state index is 0.187. The van der Waals surface area contributed by atoms with Crippen LogP contribution in [-0.4, -0.2) is 60.8 Å². The second-order valence-electron chi connectivity index (χ2n) is 5.74. The predicted octanol–water partition coefficient (Wildman–Crippen LogP) is -0.00430. The normalized spacial score (nSPS) is 11.9. The fraction of sp³-hybridized carbons (Fsp3) is 0.714. The smallest absolute Gasteiger partial charge is 0.408 e. The minimum atomic E-state index is -0.928. The van der Waals surface area contributed by atoms with Gasteiger partial charge in [0.05, 0.1) is 13.0 Å². The molecule has 0 spiro atoms. The number of nitrogens with one attached hydrogen (secondary N) is 3. The van der Waals surface area contributed by atoms with Crippen molar-refractivity contribution in [3.8, 4) is 0 Å². The molecule has 0 aliphatic carbocycles. The van der Waals surface area contributed by atoms with Gasteiger partial charge in [-0.3, -0.25) is 14.4 Å². The molecule has 0 heterocycles. The number of hydrogen-bond donors (Lipinski definition) is 3. The highest BCUT2D eigenvalue weighted by molar-refractivity contribution is 7.99. The monoisotopic (exact) mass is 363 g/mol. The molecule has 0 aromatic carbocycles. The van der Waals surface area contributed by atoms with E-state index in [0.717, 1.165) is 0 Å². The highest BCUT2D eigenvalue weighted by Gasteiger charge is 2.24. The van der Waals surface area contributed by atoms with Crippen LogP contribution in [-0.2, 0) is 23.9 Å². The number of esters is 1. The van der Waals surface area contributed by atoms with E-state index in [1.165, 1.54) is 25.8 Å². The molecule has 0 rings (SSSR count). The third kappa shape index (κ3) is 11.6. The van der Waals surface area contributed by atoms with Crippen molar-refractivity contribution in [2.75, 3.05) is 25.3 Å². The van der Waals surface area contributed by atoms with Crippen LogP contribution in [0.1, 0.15) is 27.7 Å². The Morgan fingerprint density at radius 3 is 2.25 bits per heavy atom. The first kappa shape index (κ1) is 22.0. The summed E-state index contributed by atoms with van der Waals surface area (Å²) in [7, 11) is 1.20. The highest BCUT2D eigenvalue weighted by Crippen LogP contribution is 2.08. The number of rotatable bonds is 8. The van der Waals surface area contributed by atoms with Crippen molar-refractivity contribution in [3.05, 3.63) is 0 Å². The van der Waals surface area contributed by atoms with Crippen molar-refractivity contribution in [3.63, 3.8) is 0 Å². The number of alkyl carbamates (subject to hydrolysis) is 1. The summed E-state index contributed by atoms with van der Waals surface area (Å²) in [6, 6.07) is -0.928. The Kier molecular flexibility index (Phi) is 9.86. The molecule has 0 aromatic rings. The average Bonchev–Trinajstić information content (AvgIpc) is 2.45. The molecule has 3 N–H and O–H groups in total. The van der Waals surface area contributed by atoms with Crippen LogP contribution < -0.4 is 16.0 Å². The third-order valence-corrected chi connectivity index (χ3v) is 3.27. The van der Waals surface area contributed by atoms with E-state index in [-0.39, 0.29) is 24.1 Å². The topological polar surface area (TPSA) is 123 Å². The van der Waals surface area contributed by atoms with Crippen molar-refractivity contribution in [2.45, 2.75) is 39.3 Å². The molecule has 138 valence electrons. The number of carbonyl (C=O) groups is 4. The molecular weight excluding hydrogens is 338 g/mol. The van der Waals surface area contributed by atoms with Crippen LogP contribution in [0.2, 0.25) is 0 Å². The average molecular weight is 363 g/mol. The number of carbonyl (C=O) groups excluding carboxylic acids is 4. The Hall–Kier alpha value is -1.97. The summed E-state index contributed by atoms with van der Waals surface area (Å²) in [5.41, 5.74) is -0.708. The van der Waals surface area contributed by atoms with E-state index < -0.39 is 29.6 Å². The highest BCUT2D eigenvalue weighted by atomic mass is 32.2. The fourth-order valence-corrected chi connectivity index (χ4v) is 2.21. The maximum absolute atomic E-state index is 12.1. The van der Waals surface area contributed by atoms with Crippen LogP contribution in [0.4, 0.5) is 4.79 Å². The lowest BCUT2D eigenvalue weighted by molar-refractivity contribution is -0.141. The van der Waals surface area contributed by atoms with Crippen LogP contribution >= 0.6 is 11.8 Å². The second kappa shape index (κ2) is 10.7. The lowest BCUT2D eigenvalue weighted by Crippen LogP contribution is -2.50. The van der Waals surface area contributed by atoms with Crippen LogP contribution in [0.15, 0.2) is 0 Å². The van der Waals surface area contributed by atoms with Gasteiger partial charge in [-0.05, 0) is 20.8 Å². The second-order valence-corrected chi connectivity index (χ2v) is 6.77. The predicted molar refractivity (Wildman–Crippen MR) is 89.3 cm³/mol. The summed E-state index contributed by atoms with van der Waals surface area (Å²) in [6.45, 7) is 6.16. The molecule has 0 radical (unpaired) electrons. The molecule has 3 amide bonds. The van der Waals surface area contributed by atoms with E-state index in [0.29, 0.717) is 0 Å². The maximum atomic E-state index is 12.1. The fourth-order valence-electron chi connectivity index (χ4n) is 1.32. The van der Waals surface area contributed by atoms with Gasteiger partial charge >= 0.3 is 12.1 Å². The molecule has 0 aliphatic heterocycles. The van der Waals surface area contributed by atoms with E-state index in [4.69, 9.17) is 4.74 Å². The first-order valence-electron chi connectivity index (χ1n) is 7.21. The summed E-state index contributed by atoms with van der Waals surface area (Å²) in [5, 5.41) is 7.38. The van der Waals surface area contributed by atoms with Gasteiger partial charge in [-0.25, -0.2) is 4.79 Å². The van der Waals surface area contributed by atoms with Crippen molar-refractivity contribution >= 4 is 35.6 Å². The van der Waals surface area contributed by atoms with Crippen LogP contribution in [0.25, 0.3) is 0 Å². The Balaban J connectivity index is 4.62. The third-order valence-electron chi connectivity index (χ3n) is 2.35. The Bertz CT molecular complexity index is 464. The largest absolute Gasteiger partial charge is 0.468 e. The molecule has 0 bridgehead atoms. The van der Waals surface area contributed by atoms with Crippen LogP contribution in [0, 0.1) is 0 Å². The molecule has 10 heteroatoms. The lowest BCUT2D eigenvalue weighted by Gasteiger charge is -2.23. The number of ether oxygens (including phenoxy) is 2. The molecule has 9 nitrogen and oxygen atoms in total. The van der Waals surface area contributed by atoms with E-state index in [2.05, 4.69) is 20.7 Å². The van der Waals surface area contributed by atoms with Crippen molar-refractivity contribution in [1.82, 2.24) is 16.0 Å². The zero-order valence-corrected chi connectivity index (χ0v) is 15.4. The van der Waals surface area contributed by atoms with Crippen LogP contribution in [0.3, 0.4) is 0 Å². The zero-order chi connectivity index (χ0) is 18.8. The van der Waals surface area contributed by atoms with E-state index in [1.807, 2.05) is 0 Å². The first-order valence-corrected chi connectivity index (χ1v) is 8.37. The summed E-state index contributed by atoms with van der Waals surface area (Å²) >= 11 is 1.24. The number of thioether (sulfide) groups is 1. The summed E-state index contributed by atoms with van der Waals surface area (Å²) in [6.07, 6.45) is -0.749. The zero-order valence-electron chi connectivity index (χ0n) is 14.6. The molecular formula is C14H25N3O6S. The number of methoxy groups -OCH3 is 1. The Morgan fingerprint density at radius 1 is 1.12 bits per heavy atom. The van der Waals surface area contributed by atoms with Gasteiger partial charge in [-0.15, -0.1) is 11.8 Å². The van der Waals surface area contributed by atoms with Gasteiger partial charge < -0.3 is 25.4 Å². The Morgan fingerprint density at radius 2 is 1.75 bits per heavy atom. The lowest BCUT2D eigenvalue weighted by atomic mass is 10.2. The van der Waals surface area contributed by atoms with Gasteiger partial charge in [0, 0.05) is 12.7 Å². The molecule has 1 atom stereocenters. The quantitative estimate of drug-likeness (QED) is 0.315.